The van der Waals surface area contributed by atoms with Gasteiger partial charge >= 0.3 is 5.97 Å². The van der Waals surface area contributed by atoms with Gasteiger partial charge in [-0.1, -0.05) is 34.6 Å². The molecule has 6 heteroatoms. The molecule has 0 bridgehead atoms. The highest BCUT2D eigenvalue weighted by Gasteiger charge is 2.28. The normalized spacial score (nSPS) is 12.4. The summed E-state index contributed by atoms with van der Waals surface area (Å²) >= 11 is 3.58. The molecule has 31 heavy (non-hydrogen) atoms. The van der Waals surface area contributed by atoms with E-state index in [1.165, 1.54) is 0 Å². The van der Waals surface area contributed by atoms with E-state index < -0.39 is 0 Å². The lowest BCUT2D eigenvalue weighted by Crippen LogP contribution is -2.36. The first kappa shape index (κ1) is 23.3. The monoisotopic (exact) mass is 485 g/mol. The Bertz CT molecular complexity index is 1080. The average molecular weight is 486 g/mol. The number of rotatable bonds is 6. The number of carbonyl (C=O) groups excluding carboxylic acids is 1. The van der Waals surface area contributed by atoms with Crippen molar-refractivity contribution in [1.82, 2.24) is 9.38 Å². The summed E-state index contributed by atoms with van der Waals surface area (Å²) < 4.78 is 8.48. The van der Waals surface area contributed by atoms with Gasteiger partial charge in [0.25, 0.3) is 0 Å². The third-order valence-electron chi connectivity index (χ3n) is 4.83. The summed E-state index contributed by atoms with van der Waals surface area (Å²) in [6, 6.07) is 11.5. The van der Waals surface area contributed by atoms with Gasteiger partial charge in [-0.2, -0.15) is 0 Å². The zero-order chi connectivity index (χ0) is 23.0. The first-order valence-corrected chi connectivity index (χ1v) is 11.4. The van der Waals surface area contributed by atoms with Crippen molar-refractivity contribution in [2.24, 2.45) is 11.3 Å². The van der Waals surface area contributed by atoms with Crippen molar-refractivity contribution in [3.05, 3.63) is 47.1 Å². The fraction of sp³-hybridized carbons (Fsp3) is 0.440. The molecule has 0 aliphatic heterocycles. The Labute approximate surface area is 193 Å². The number of halogens is 1. The second-order valence-corrected chi connectivity index (χ2v) is 11.1. The average Bonchev–Trinajstić information content (AvgIpc) is 2.97. The molecule has 3 rings (SSSR count). The van der Waals surface area contributed by atoms with E-state index in [1.54, 1.807) is 0 Å². The van der Waals surface area contributed by atoms with Crippen molar-refractivity contribution in [3.63, 3.8) is 0 Å². The zero-order valence-electron chi connectivity index (χ0n) is 19.4. The standard InChI is InChI=1S/C25H32BrN3O2/c1-16(2)23(30)31-19-11-8-17(9-12-19)21-22(28-25(6,7)15-24(3,4)5)29-14-18(26)10-13-20(29)27-21/h8-14,16,28H,15H2,1-7H3. The van der Waals surface area contributed by atoms with Crippen LogP contribution in [0.1, 0.15) is 54.9 Å². The number of carbonyl (C=O) groups is 1. The lowest BCUT2D eigenvalue weighted by Gasteiger charge is -2.34. The number of anilines is 1. The molecule has 0 atom stereocenters. The quantitative estimate of drug-likeness (QED) is 0.303. The number of aromatic nitrogens is 2. The molecule has 2 aromatic heterocycles. The number of esters is 1. The van der Waals surface area contributed by atoms with E-state index in [0.29, 0.717) is 5.75 Å². The summed E-state index contributed by atoms with van der Waals surface area (Å²) in [5, 5.41) is 3.75. The van der Waals surface area contributed by atoms with E-state index in [1.807, 2.05) is 56.4 Å². The maximum atomic E-state index is 11.9. The number of benzene rings is 1. The smallest absolute Gasteiger partial charge is 0.313 e. The number of imidazole rings is 1. The molecule has 0 unspecified atom stereocenters. The lowest BCUT2D eigenvalue weighted by molar-refractivity contribution is -0.137. The number of ether oxygens (including phenoxy) is 1. The highest BCUT2D eigenvalue weighted by Crippen LogP contribution is 2.35. The van der Waals surface area contributed by atoms with E-state index in [2.05, 4.69) is 60.3 Å². The Balaban J connectivity index is 2.02. The molecule has 1 aromatic carbocycles. The van der Waals surface area contributed by atoms with E-state index in [9.17, 15) is 4.79 Å². The fourth-order valence-electron chi connectivity index (χ4n) is 3.94. The molecule has 0 spiro atoms. The maximum absolute atomic E-state index is 11.9. The van der Waals surface area contributed by atoms with Crippen molar-refractivity contribution >= 4 is 33.4 Å². The molecule has 1 N–H and O–H groups in total. The van der Waals surface area contributed by atoms with Crippen molar-refractivity contribution < 1.29 is 9.53 Å². The zero-order valence-corrected chi connectivity index (χ0v) is 21.0. The van der Waals surface area contributed by atoms with E-state index in [-0.39, 0.29) is 22.8 Å². The highest BCUT2D eigenvalue weighted by molar-refractivity contribution is 9.10. The molecular formula is C25H32BrN3O2. The summed E-state index contributed by atoms with van der Waals surface area (Å²) in [5.41, 5.74) is 2.72. The Kier molecular flexibility index (Phi) is 6.51. The summed E-state index contributed by atoms with van der Waals surface area (Å²) in [6.07, 6.45) is 3.02. The minimum absolute atomic E-state index is 0.141. The molecule has 0 saturated heterocycles. The van der Waals surface area contributed by atoms with Crippen LogP contribution in [0.4, 0.5) is 5.82 Å². The predicted molar refractivity (Wildman–Crippen MR) is 131 cm³/mol. The number of fused-ring (bicyclic) bond motifs is 1. The van der Waals surface area contributed by atoms with Gasteiger partial charge in [0.2, 0.25) is 0 Å². The van der Waals surface area contributed by atoms with E-state index >= 15 is 0 Å². The highest BCUT2D eigenvalue weighted by atomic mass is 79.9. The number of hydrogen-bond donors (Lipinski definition) is 1. The second kappa shape index (κ2) is 8.65. The molecule has 3 aromatic rings. The van der Waals surface area contributed by atoms with Crippen LogP contribution in [0.25, 0.3) is 16.9 Å². The minimum atomic E-state index is -0.239. The van der Waals surface area contributed by atoms with Crippen LogP contribution in [-0.4, -0.2) is 20.9 Å². The summed E-state index contributed by atoms with van der Waals surface area (Å²) in [6.45, 7) is 14.8. The Hall–Kier alpha value is -2.34. The fourth-order valence-corrected chi connectivity index (χ4v) is 4.28. The predicted octanol–water partition coefficient (Wildman–Crippen LogP) is 6.95. The van der Waals surface area contributed by atoms with Crippen molar-refractivity contribution in [2.45, 2.75) is 60.4 Å². The Morgan fingerprint density at radius 1 is 1.10 bits per heavy atom. The van der Waals surface area contributed by atoms with Crippen molar-refractivity contribution in [3.8, 4) is 17.0 Å². The Morgan fingerprint density at radius 3 is 2.32 bits per heavy atom. The van der Waals surface area contributed by atoms with Crippen LogP contribution in [-0.2, 0) is 4.79 Å². The van der Waals surface area contributed by atoms with Crippen LogP contribution in [0.3, 0.4) is 0 Å². The van der Waals surface area contributed by atoms with Gasteiger partial charge in [0.1, 0.15) is 22.9 Å². The number of pyridine rings is 1. The van der Waals surface area contributed by atoms with Gasteiger partial charge in [-0.05, 0) is 78.0 Å². The van der Waals surface area contributed by atoms with Crippen LogP contribution in [0.2, 0.25) is 0 Å². The molecule has 0 fully saturated rings. The molecule has 0 saturated carbocycles. The van der Waals surface area contributed by atoms with Crippen LogP contribution < -0.4 is 10.1 Å². The van der Waals surface area contributed by atoms with E-state index in [0.717, 1.165) is 33.6 Å². The van der Waals surface area contributed by atoms with Crippen LogP contribution in [0, 0.1) is 11.3 Å². The lowest BCUT2D eigenvalue weighted by atomic mass is 9.82. The SMILES string of the molecule is CC(C)C(=O)Oc1ccc(-c2nc3ccc(Br)cn3c2NC(C)(C)CC(C)(C)C)cc1. The summed E-state index contributed by atoms with van der Waals surface area (Å²) in [5.74, 6) is 1.07. The third-order valence-corrected chi connectivity index (χ3v) is 5.30. The molecule has 2 heterocycles. The first-order chi connectivity index (χ1) is 14.3. The molecular weight excluding hydrogens is 454 g/mol. The van der Waals surface area contributed by atoms with Crippen molar-refractivity contribution in [1.29, 1.82) is 0 Å². The topological polar surface area (TPSA) is 55.6 Å². The van der Waals surface area contributed by atoms with Gasteiger partial charge in [0, 0.05) is 21.8 Å². The van der Waals surface area contributed by atoms with E-state index in [4.69, 9.17) is 9.72 Å². The second-order valence-electron chi connectivity index (χ2n) is 10.2. The number of hydrogen-bond acceptors (Lipinski definition) is 4. The largest absolute Gasteiger partial charge is 0.426 e. The minimum Gasteiger partial charge on any atom is -0.426 e. The van der Waals surface area contributed by atoms with Gasteiger partial charge in [0.05, 0.1) is 5.92 Å². The summed E-state index contributed by atoms with van der Waals surface area (Å²) in [7, 11) is 0. The Morgan fingerprint density at radius 2 is 1.74 bits per heavy atom. The van der Waals surface area contributed by atoms with Gasteiger partial charge in [0.15, 0.2) is 0 Å². The van der Waals surface area contributed by atoms with Crippen LogP contribution in [0.5, 0.6) is 5.75 Å². The maximum Gasteiger partial charge on any atom is 0.313 e. The third kappa shape index (κ3) is 5.88. The van der Waals surface area contributed by atoms with Gasteiger partial charge in [-0.3, -0.25) is 9.20 Å². The van der Waals surface area contributed by atoms with Gasteiger partial charge in [-0.15, -0.1) is 0 Å². The molecule has 0 aliphatic carbocycles. The van der Waals surface area contributed by atoms with Crippen LogP contribution >= 0.6 is 15.9 Å². The number of nitrogens with zero attached hydrogens (tertiary/aromatic N) is 2. The summed E-state index contributed by atoms with van der Waals surface area (Å²) in [4.78, 5) is 16.8. The van der Waals surface area contributed by atoms with Crippen molar-refractivity contribution in [2.75, 3.05) is 5.32 Å². The van der Waals surface area contributed by atoms with Gasteiger partial charge in [-0.25, -0.2) is 4.98 Å². The molecule has 0 radical (unpaired) electrons. The molecule has 166 valence electrons. The first-order valence-electron chi connectivity index (χ1n) is 10.6. The van der Waals surface area contributed by atoms with Crippen LogP contribution in [0.15, 0.2) is 47.1 Å². The number of nitrogens with one attached hydrogen (secondary N) is 1. The van der Waals surface area contributed by atoms with Gasteiger partial charge < -0.3 is 10.1 Å². The molecule has 0 amide bonds. The molecule has 0 aliphatic rings. The molecule has 5 nitrogen and oxygen atoms in total.